The van der Waals surface area contributed by atoms with Crippen LogP contribution in [0.3, 0.4) is 0 Å². The number of hydrogen-bond acceptors (Lipinski definition) is 0. The Balaban J connectivity index is 1.27. The fourth-order valence-electron chi connectivity index (χ4n) is 12.2. The molecule has 13 aromatic rings. The molecule has 0 bridgehead atoms. The highest BCUT2D eigenvalue weighted by atomic mass is 19.1. The molecular formula is C70H62F2N2. The molecule has 0 amide bonds. The molecule has 0 aliphatic rings. The smallest absolute Gasteiger partial charge is 0.123 e. The fourth-order valence-corrected chi connectivity index (χ4v) is 12.2. The second kappa shape index (κ2) is 15.5. The highest BCUT2D eigenvalue weighted by Gasteiger charge is 2.32. The Kier molecular flexibility index (Phi) is 9.68. The van der Waals surface area contributed by atoms with Crippen molar-refractivity contribution in [2.24, 2.45) is 0 Å². The zero-order valence-corrected chi connectivity index (χ0v) is 44.7. The van der Waals surface area contributed by atoms with Crippen molar-refractivity contribution >= 4 is 76.2 Å². The first-order valence-corrected chi connectivity index (χ1v) is 26.3. The molecule has 74 heavy (non-hydrogen) atoms. The Morgan fingerprint density at radius 2 is 0.595 bits per heavy atom. The maximum absolute atomic E-state index is 14.5. The van der Waals surface area contributed by atoms with Crippen molar-refractivity contribution in [3.63, 3.8) is 0 Å². The van der Waals surface area contributed by atoms with Crippen LogP contribution in [0.5, 0.6) is 0 Å². The first kappa shape index (κ1) is 46.2. The number of fused-ring (bicyclic) bond motifs is 14. The largest absolute Gasteiger partial charge is 0.307 e. The molecule has 0 N–H and O–H groups in total. The van der Waals surface area contributed by atoms with Crippen LogP contribution in [0.4, 0.5) is 8.78 Å². The minimum absolute atomic E-state index is 0.0737. The van der Waals surface area contributed by atoms with Crippen LogP contribution in [0.25, 0.3) is 121 Å². The molecule has 0 spiro atoms. The average Bonchev–Trinajstić information content (AvgIpc) is 4.29. The molecule has 0 aliphatic carbocycles. The third-order valence-corrected chi connectivity index (χ3v) is 16.3. The zero-order chi connectivity index (χ0) is 51.7. The maximum atomic E-state index is 14.5. The summed E-state index contributed by atoms with van der Waals surface area (Å²) in [6.07, 6.45) is 0. The minimum Gasteiger partial charge on any atom is -0.307 e. The van der Waals surface area contributed by atoms with Crippen LogP contribution in [0.1, 0.15) is 105 Å². The Hall–Kier alpha value is -7.56. The molecule has 4 heterocycles. The number of benzene rings is 9. The standard InChI is InChI=1S/C70H62F2N2/c1-67(2,3)45-31-43(32-46(37-45)68(4,5)6)51-15-13-17-55-61-59-54-30-24-42(40-21-27-50(72)28-22-40)36-58(54)74-64-52(44-33-47(69(7,8)9)38-48(34-44)70(10,11)12)16-14-18-56(64)62(66(59)74)60-53-29-23-41(39-19-25-49(71)26-20-39)35-57(53)73(63(51)55)65(60)61/h13-38H,1-12H3. The highest BCUT2D eigenvalue weighted by Crippen LogP contribution is 2.55. The summed E-state index contributed by atoms with van der Waals surface area (Å²) in [6.45, 7) is 27.7. The van der Waals surface area contributed by atoms with Gasteiger partial charge in [0.05, 0.1) is 33.1 Å². The lowest BCUT2D eigenvalue weighted by Crippen LogP contribution is -2.16. The van der Waals surface area contributed by atoms with Crippen LogP contribution in [-0.4, -0.2) is 8.80 Å². The van der Waals surface area contributed by atoms with Crippen molar-refractivity contribution in [3.8, 4) is 44.5 Å². The van der Waals surface area contributed by atoms with Gasteiger partial charge in [-0.2, -0.15) is 0 Å². The molecule has 9 aromatic carbocycles. The van der Waals surface area contributed by atoms with Crippen molar-refractivity contribution in [3.05, 3.63) is 192 Å². The van der Waals surface area contributed by atoms with Crippen LogP contribution < -0.4 is 0 Å². The van der Waals surface area contributed by atoms with Crippen LogP contribution in [0, 0.1) is 11.6 Å². The van der Waals surface area contributed by atoms with Gasteiger partial charge < -0.3 is 8.80 Å². The molecule has 0 radical (unpaired) electrons. The lowest BCUT2D eigenvalue weighted by molar-refractivity contribution is 0.568. The van der Waals surface area contributed by atoms with Crippen LogP contribution >= 0.6 is 0 Å². The first-order chi connectivity index (χ1) is 35.0. The Labute approximate surface area is 432 Å². The van der Waals surface area contributed by atoms with Crippen molar-refractivity contribution < 1.29 is 8.78 Å². The number of aromatic nitrogens is 2. The number of hydrogen-bond donors (Lipinski definition) is 0. The van der Waals surface area contributed by atoms with Gasteiger partial charge in [-0.25, -0.2) is 8.78 Å². The summed E-state index contributed by atoms with van der Waals surface area (Å²) >= 11 is 0. The predicted molar refractivity (Wildman–Crippen MR) is 312 cm³/mol. The van der Waals surface area contributed by atoms with E-state index in [0.29, 0.717) is 0 Å². The molecule has 2 nitrogen and oxygen atoms in total. The van der Waals surface area contributed by atoms with Gasteiger partial charge in [0, 0.05) is 54.2 Å². The summed E-state index contributed by atoms with van der Waals surface area (Å²) in [6, 6.07) is 55.9. The molecule has 0 unspecified atom stereocenters. The van der Waals surface area contributed by atoms with E-state index >= 15 is 0 Å². The number of nitrogens with zero attached hydrogens (tertiary/aromatic N) is 2. The third kappa shape index (κ3) is 6.86. The Bertz CT molecular complexity index is 4090. The van der Waals surface area contributed by atoms with E-state index in [1.165, 1.54) is 110 Å². The molecule has 0 saturated heterocycles. The maximum Gasteiger partial charge on any atom is 0.123 e. The van der Waals surface area contributed by atoms with Crippen molar-refractivity contribution in [1.82, 2.24) is 8.80 Å². The van der Waals surface area contributed by atoms with Gasteiger partial charge in [-0.3, -0.25) is 0 Å². The topological polar surface area (TPSA) is 8.82 Å². The lowest BCUT2D eigenvalue weighted by atomic mass is 9.78. The molecule has 4 aromatic heterocycles. The van der Waals surface area contributed by atoms with Crippen LogP contribution in [0.2, 0.25) is 0 Å². The van der Waals surface area contributed by atoms with Gasteiger partial charge >= 0.3 is 0 Å². The van der Waals surface area contributed by atoms with Gasteiger partial charge in [-0.05, 0) is 114 Å². The second-order valence-electron chi connectivity index (χ2n) is 25.3. The summed E-state index contributed by atoms with van der Waals surface area (Å²) < 4.78 is 34.2. The Morgan fingerprint density at radius 1 is 0.284 bits per heavy atom. The highest BCUT2D eigenvalue weighted by molar-refractivity contribution is 6.46. The Morgan fingerprint density at radius 3 is 0.919 bits per heavy atom. The third-order valence-electron chi connectivity index (χ3n) is 16.3. The SMILES string of the molecule is CC(C)(C)c1cc(-c2cccc3c4c5c6ccc(-c7ccc(F)cc7)cc6n6c7c(-c8cc(C(C)(C)C)cc(C(C)(C)C)c8)cccc7c(c7c8ccc(-c9ccc(F)cc9)cc8n(c23)c74)c56)cc(C(C)(C)C)c1. The first-order valence-electron chi connectivity index (χ1n) is 26.3. The van der Waals surface area contributed by atoms with E-state index in [9.17, 15) is 8.78 Å². The van der Waals surface area contributed by atoms with Gasteiger partial charge in [0.15, 0.2) is 0 Å². The summed E-state index contributed by atoms with van der Waals surface area (Å²) in [7, 11) is 0. The van der Waals surface area contributed by atoms with Gasteiger partial charge in [0.25, 0.3) is 0 Å². The molecule has 366 valence electrons. The normalized spacial score (nSPS) is 13.3. The van der Waals surface area contributed by atoms with Gasteiger partial charge in [-0.1, -0.05) is 204 Å². The van der Waals surface area contributed by atoms with E-state index in [4.69, 9.17) is 0 Å². The predicted octanol–water partition coefficient (Wildman–Crippen LogP) is 20.1. The summed E-state index contributed by atoms with van der Waals surface area (Å²) in [4.78, 5) is 0. The molecular weight excluding hydrogens is 907 g/mol. The van der Waals surface area contributed by atoms with Crippen molar-refractivity contribution in [2.45, 2.75) is 105 Å². The lowest BCUT2D eigenvalue weighted by Gasteiger charge is -2.26. The average molecular weight is 969 g/mol. The van der Waals surface area contributed by atoms with Crippen LogP contribution in [0.15, 0.2) is 158 Å². The number of para-hydroxylation sites is 2. The molecule has 0 fully saturated rings. The van der Waals surface area contributed by atoms with E-state index in [0.717, 1.165) is 33.3 Å². The summed E-state index contributed by atoms with van der Waals surface area (Å²) in [5.74, 6) is -0.496. The van der Waals surface area contributed by atoms with Crippen molar-refractivity contribution in [1.29, 1.82) is 0 Å². The molecule has 0 aliphatic heterocycles. The molecule has 4 heteroatoms. The van der Waals surface area contributed by atoms with Crippen LogP contribution in [-0.2, 0) is 21.7 Å². The quantitative estimate of drug-likeness (QED) is 0.166. The molecule has 0 saturated carbocycles. The van der Waals surface area contributed by atoms with E-state index in [-0.39, 0.29) is 33.3 Å². The monoisotopic (exact) mass is 968 g/mol. The molecule has 0 atom stereocenters. The molecule has 13 rings (SSSR count). The number of rotatable bonds is 4. The second-order valence-corrected chi connectivity index (χ2v) is 25.3. The van der Waals surface area contributed by atoms with E-state index in [1.54, 1.807) is 24.3 Å². The minimum atomic E-state index is -0.248. The van der Waals surface area contributed by atoms with E-state index in [1.807, 2.05) is 24.3 Å². The van der Waals surface area contributed by atoms with Gasteiger partial charge in [-0.15, -0.1) is 0 Å². The van der Waals surface area contributed by atoms with Gasteiger partial charge in [0.2, 0.25) is 0 Å². The number of halogens is 2. The summed E-state index contributed by atoms with van der Waals surface area (Å²) in [5, 5.41) is 9.67. The zero-order valence-electron chi connectivity index (χ0n) is 44.7. The van der Waals surface area contributed by atoms with E-state index in [2.05, 4.69) is 201 Å². The van der Waals surface area contributed by atoms with E-state index < -0.39 is 0 Å². The van der Waals surface area contributed by atoms with Gasteiger partial charge in [0.1, 0.15) is 11.6 Å². The van der Waals surface area contributed by atoms with Crippen molar-refractivity contribution in [2.75, 3.05) is 0 Å². The summed E-state index contributed by atoms with van der Waals surface area (Å²) in [5.41, 5.74) is 20.7. The fraction of sp³-hybridized carbons (Fsp3) is 0.229.